The van der Waals surface area contributed by atoms with Crippen LogP contribution in [0.1, 0.15) is 52.9 Å². The third-order valence-corrected chi connectivity index (χ3v) is 3.92. The lowest BCUT2D eigenvalue weighted by Crippen LogP contribution is -2.54. The van der Waals surface area contributed by atoms with Crippen molar-refractivity contribution in [1.82, 2.24) is 4.90 Å². The molecule has 0 aromatic heterocycles. The first-order chi connectivity index (χ1) is 6.70. The van der Waals surface area contributed by atoms with Crippen LogP contribution >= 0.6 is 0 Å². The third-order valence-electron chi connectivity index (χ3n) is 3.92. The molecule has 2 N–H and O–H groups in total. The summed E-state index contributed by atoms with van der Waals surface area (Å²) in [5, 5.41) is 0. The van der Waals surface area contributed by atoms with Crippen LogP contribution in [0.4, 0.5) is 0 Å². The quantitative estimate of drug-likeness (QED) is 0.735. The fourth-order valence-electron chi connectivity index (χ4n) is 2.99. The molecule has 1 rings (SSSR count). The van der Waals surface area contributed by atoms with E-state index in [9.17, 15) is 0 Å². The Morgan fingerprint density at radius 1 is 1.43 bits per heavy atom. The Kier molecular flexibility index (Phi) is 4.39. The maximum atomic E-state index is 6.00. The molecule has 0 aromatic carbocycles. The van der Waals surface area contributed by atoms with Gasteiger partial charge in [-0.1, -0.05) is 20.3 Å². The topological polar surface area (TPSA) is 29.3 Å². The summed E-state index contributed by atoms with van der Waals surface area (Å²) in [6, 6.07) is 0.741. The van der Waals surface area contributed by atoms with Crippen LogP contribution in [0.5, 0.6) is 0 Å². The van der Waals surface area contributed by atoms with Gasteiger partial charge in [-0.05, 0) is 39.2 Å². The molecule has 0 bridgehead atoms. The highest BCUT2D eigenvalue weighted by atomic mass is 15.2. The second kappa shape index (κ2) is 5.13. The highest BCUT2D eigenvalue weighted by Crippen LogP contribution is 2.32. The van der Waals surface area contributed by atoms with E-state index in [1.165, 1.54) is 38.6 Å². The minimum Gasteiger partial charge on any atom is -0.329 e. The molecule has 1 aliphatic rings. The molecule has 0 saturated carbocycles. The smallest absolute Gasteiger partial charge is 0.0331 e. The molecule has 0 spiro atoms. The average molecular weight is 198 g/mol. The van der Waals surface area contributed by atoms with Gasteiger partial charge >= 0.3 is 0 Å². The Balaban J connectivity index is 2.73. The summed E-state index contributed by atoms with van der Waals surface area (Å²) in [6.45, 7) is 8.98. The molecule has 2 nitrogen and oxygen atoms in total. The Hall–Kier alpha value is -0.0800. The standard InChI is InChI=1S/C12H26N2/c1-4-8-12(5-2,10-13)14-9-6-7-11(14)3/h11H,4-10,13H2,1-3H3. The van der Waals surface area contributed by atoms with Gasteiger partial charge in [-0.2, -0.15) is 0 Å². The van der Waals surface area contributed by atoms with E-state index in [0.29, 0.717) is 5.54 Å². The van der Waals surface area contributed by atoms with Crippen LogP contribution in [-0.4, -0.2) is 29.6 Å². The minimum atomic E-state index is 0.296. The summed E-state index contributed by atoms with van der Waals surface area (Å²) in [6.07, 6.45) is 6.40. The summed E-state index contributed by atoms with van der Waals surface area (Å²) in [7, 11) is 0. The van der Waals surface area contributed by atoms with Gasteiger partial charge in [-0.25, -0.2) is 0 Å². The summed E-state index contributed by atoms with van der Waals surface area (Å²) >= 11 is 0. The zero-order valence-corrected chi connectivity index (χ0v) is 10.1. The Labute approximate surface area is 88.8 Å². The number of nitrogens with zero attached hydrogens (tertiary/aromatic N) is 1. The van der Waals surface area contributed by atoms with Crippen LogP contribution in [-0.2, 0) is 0 Å². The van der Waals surface area contributed by atoms with Gasteiger partial charge in [0.2, 0.25) is 0 Å². The van der Waals surface area contributed by atoms with E-state index < -0.39 is 0 Å². The second-order valence-corrected chi connectivity index (χ2v) is 4.72. The molecule has 84 valence electrons. The van der Waals surface area contributed by atoms with Crippen LogP contribution in [0.15, 0.2) is 0 Å². The van der Waals surface area contributed by atoms with Crippen molar-refractivity contribution in [3.63, 3.8) is 0 Å². The van der Waals surface area contributed by atoms with Gasteiger partial charge in [0.05, 0.1) is 0 Å². The summed E-state index contributed by atoms with van der Waals surface area (Å²) < 4.78 is 0. The predicted molar refractivity (Wildman–Crippen MR) is 62.4 cm³/mol. The molecule has 0 aromatic rings. The Morgan fingerprint density at radius 3 is 2.50 bits per heavy atom. The van der Waals surface area contributed by atoms with Crippen molar-refractivity contribution in [3.8, 4) is 0 Å². The van der Waals surface area contributed by atoms with Gasteiger partial charge in [-0.3, -0.25) is 4.90 Å². The van der Waals surface area contributed by atoms with Crippen LogP contribution in [0, 0.1) is 0 Å². The molecule has 2 atom stereocenters. The normalized spacial score (nSPS) is 27.9. The highest BCUT2D eigenvalue weighted by Gasteiger charge is 2.37. The number of rotatable bonds is 5. The lowest BCUT2D eigenvalue weighted by atomic mass is 9.88. The van der Waals surface area contributed by atoms with Gasteiger partial charge in [-0.15, -0.1) is 0 Å². The first-order valence-corrected chi connectivity index (χ1v) is 6.17. The summed E-state index contributed by atoms with van der Waals surface area (Å²) in [4.78, 5) is 2.66. The van der Waals surface area contributed by atoms with Crippen LogP contribution in [0.3, 0.4) is 0 Å². The molecule has 0 aliphatic carbocycles. The average Bonchev–Trinajstić information content (AvgIpc) is 2.62. The first kappa shape index (κ1) is 12.0. The van der Waals surface area contributed by atoms with Gasteiger partial charge in [0.1, 0.15) is 0 Å². The molecule has 1 heterocycles. The fraction of sp³-hybridized carbons (Fsp3) is 1.00. The van der Waals surface area contributed by atoms with Crippen molar-refractivity contribution >= 4 is 0 Å². The lowest BCUT2D eigenvalue weighted by molar-refractivity contribution is 0.0735. The van der Waals surface area contributed by atoms with E-state index in [1.54, 1.807) is 0 Å². The SMILES string of the molecule is CCCC(CC)(CN)N1CCCC1C. The second-order valence-electron chi connectivity index (χ2n) is 4.72. The molecule has 0 amide bonds. The molecule has 1 aliphatic heterocycles. The monoisotopic (exact) mass is 198 g/mol. The molecule has 1 saturated heterocycles. The summed E-state index contributed by atoms with van der Waals surface area (Å²) in [5.74, 6) is 0. The molecule has 2 unspecified atom stereocenters. The van der Waals surface area contributed by atoms with Crippen molar-refractivity contribution in [1.29, 1.82) is 0 Å². The van der Waals surface area contributed by atoms with E-state index >= 15 is 0 Å². The van der Waals surface area contributed by atoms with Gasteiger partial charge < -0.3 is 5.73 Å². The largest absolute Gasteiger partial charge is 0.329 e. The van der Waals surface area contributed by atoms with E-state index in [2.05, 4.69) is 25.7 Å². The van der Waals surface area contributed by atoms with Crippen molar-refractivity contribution in [3.05, 3.63) is 0 Å². The zero-order chi connectivity index (χ0) is 10.6. The molecule has 14 heavy (non-hydrogen) atoms. The zero-order valence-electron chi connectivity index (χ0n) is 10.1. The van der Waals surface area contributed by atoms with Crippen LogP contribution in [0.25, 0.3) is 0 Å². The van der Waals surface area contributed by atoms with Crippen molar-refractivity contribution in [2.45, 2.75) is 64.5 Å². The maximum absolute atomic E-state index is 6.00. The lowest BCUT2D eigenvalue weighted by Gasteiger charge is -2.43. The van der Waals surface area contributed by atoms with Gasteiger partial charge in [0.25, 0.3) is 0 Å². The molecule has 0 radical (unpaired) electrons. The number of hydrogen-bond donors (Lipinski definition) is 1. The highest BCUT2D eigenvalue weighted by molar-refractivity contribution is 4.95. The first-order valence-electron chi connectivity index (χ1n) is 6.17. The molecule has 1 fully saturated rings. The van der Waals surface area contributed by atoms with E-state index in [-0.39, 0.29) is 0 Å². The third kappa shape index (κ3) is 2.12. The minimum absolute atomic E-state index is 0.296. The number of likely N-dealkylation sites (tertiary alicyclic amines) is 1. The van der Waals surface area contributed by atoms with E-state index in [0.717, 1.165) is 12.6 Å². The van der Waals surface area contributed by atoms with Crippen molar-refractivity contribution < 1.29 is 0 Å². The summed E-state index contributed by atoms with van der Waals surface area (Å²) in [5.41, 5.74) is 6.30. The van der Waals surface area contributed by atoms with Crippen molar-refractivity contribution in [2.24, 2.45) is 5.73 Å². The van der Waals surface area contributed by atoms with Crippen LogP contribution < -0.4 is 5.73 Å². The molecule has 2 heteroatoms. The van der Waals surface area contributed by atoms with Crippen LogP contribution in [0.2, 0.25) is 0 Å². The molecular formula is C12H26N2. The van der Waals surface area contributed by atoms with E-state index in [4.69, 9.17) is 5.73 Å². The van der Waals surface area contributed by atoms with Gasteiger partial charge in [0, 0.05) is 18.1 Å². The Bertz CT molecular complexity index is 164. The fourth-order valence-corrected chi connectivity index (χ4v) is 2.99. The maximum Gasteiger partial charge on any atom is 0.0331 e. The van der Waals surface area contributed by atoms with Gasteiger partial charge in [0.15, 0.2) is 0 Å². The number of hydrogen-bond acceptors (Lipinski definition) is 2. The predicted octanol–water partition coefficient (Wildman–Crippen LogP) is 2.38. The number of nitrogens with two attached hydrogens (primary N) is 1. The molecular weight excluding hydrogens is 172 g/mol. The van der Waals surface area contributed by atoms with E-state index in [1.807, 2.05) is 0 Å². The van der Waals surface area contributed by atoms with Crippen molar-refractivity contribution in [2.75, 3.05) is 13.1 Å². The Morgan fingerprint density at radius 2 is 2.14 bits per heavy atom.